The highest BCUT2D eigenvalue weighted by Crippen LogP contribution is 2.12. The second kappa shape index (κ2) is 5.81. The zero-order valence-electron chi connectivity index (χ0n) is 7.71. The van der Waals surface area contributed by atoms with Gasteiger partial charge in [-0.05, 0) is 34.7 Å². The number of hydrogen-bond donors (Lipinski definition) is 0. The summed E-state index contributed by atoms with van der Waals surface area (Å²) in [4.78, 5) is 0. The van der Waals surface area contributed by atoms with Gasteiger partial charge in [-0.2, -0.15) is 5.10 Å². The van der Waals surface area contributed by atoms with Crippen molar-refractivity contribution in [3.05, 3.63) is 16.9 Å². The molecule has 0 saturated carbocycles. The number of nitrogens with zero attached hydrogens (tertiary/aromatic N) is 2. The van der Waals surface area contributed by atoms with Crippen molar-refractivity contribution >= 4 is 31.9 Å². The van der Waals surface area contributed by atoms with Crippen LogP contribution < -0.4 is 0 Å². The highest BCUT2D eigenvalue weighted by atomic mass is 79.9. The zero-order valence-corrected chi connectivity index (χ0v) is 10.9. The predicted octanol–water partition coefficient (Wildman–Crippen LogP) is 3.46. The minimum atomic E-state index is 0.766. The maximum absolute atomic E-state index is 4.21. The van der Waals surface area contributed by atoms with Gasteiger partial charge in [-0.1, -0.05) is 22.9 Å². The molecule has 0 radical (unpaired) electrons. The number of aryl methyl sites for hydroxylation is 1. The molecule has 0 N–H and O–H groups in total. The summed E-state index contributed by atoms with van der Waals surface area (Å²) in [6.45, 7) is 3.29. The number of hydrogen-bond acceptors (Lipinski definition) is 1. The molecule has 0 aliphatic rings. The van der Waals surface area contributed by atoms with Crippen LogP contribution in [-0.4, -0.2) is 15.1 Å². The molecule has 1 aromatic rings. The van der Waals surface area contributed by atoms with Gasteiger partial charge in [0.05, 0.1) is 10.7 Å². The summed E-state index contributed by atoms with van der Waals surface area (Å²) >= 11 is 6.83. The summed E-state index contributed by atoms with van der Waals surface area (Å²) in [5, 5.41) is 5.30. The Kier molecular flexibility index (Phi) is 5.02. The fourth-order valence-corrected chi connectivity index (χ4v) is 2.25. The van der Waals surface area contributed by atoms with E-state index < -0.39 is 0 Å². The maximum Gasteiger partial charge on any atom is 0.0632 e. The molecular formula is C9H14Br2N2. The summed E-state index contributed by atoms with van der Waals surface area (Å²) in [6, 6.07) is 0. The topological polar surface area (TPSA) is 17.8 Å². The third-order valence-electron chi connectivity index (χ3n) is 2.05. The number of aromatic nitrogens is 2. The van der Waals surface area contributed by atoms with Crippen molar-refractivity contribution < 1.29 is 0 Å². The van der Waals surface area contributed by atoms with E-state index in [1.54, 1.807) is 0 Å². The normalized spacial score (nSPS) is 13.2. The molecule has 74 valence electrons. The van der Waals surface area contributed by atoms with E-state index in [0.717, 1.165) is 22.3 Å². The summed E-state index contributed by atoms with van der Waals surface area (Å²) in [5.41, 5.74) is 0. The van der Waals surface area contributed by atoms with Crippen LogP contribution in [0.4, 0.5) is 0 Å². The maximum atomic E-state index is 4.21. The highest BCUT2D eigenvalue weighted by molar-refractivity contribution is 9.10. The smallest absolute Gasteiger partial charge is 0.0632 e. The van der Waals surface area contributed by atoms with Crippen LogP contribution in [-0.2, 0) is 6.54 Å². The minimum absolute atomic E-state index is 0.766. The summed E-state index contributed by atoms with van der Waals surface area (Å²) in [7, 11) is 0. The van der Waals surface area contributed by atoms with Gasteiger partial charge >= 0.3 is 0 Å². The number of alkyl halides is 1. The largest absolute Gasteiger partial charge is 0.272 e. The molecule has 0 bridgehead atoms. The van der Waals surface area contributed by atoms with Gasteiger partial charge in [-0.3, -0.25) is 4.68 Å². The lowest BCUT2D eigenvalue weighted by molar-refractivity contribution is 0.452. The van der Waals surface area contributed by atoms with Crippen molar-refractivity contribution in [3.63, 3.8) is 0 Å². The summed E-state index contributed by atoms with van der Waals surface area (Å²) in [6.07, 6.45) is 6.28. The van der Waals surface area contributed by atoms with Crippen LogP contribution in [0.1, 0.15) is 19.8 Å². The van der Waals surface area contributed by atoms with Gasteiger partial charge < -0.3 is 0 Å². The Bertz CT molecular complexity index is 248. The Balaban J connectivity index is 2.26. The van der Waals surface area contributed by atoms with Crippen molar-refractivity contribution in [2.75, 3.05) is 5.33 Å². The molecular weight excluding hydrogens is 296 g/mol. The van der Waals surface area contributed by atoms with E-state index in [4.69, 9.17) is 0 Å². The van der Waals surface area contributed by atoms with E-state index in [1.807, 2.05) is 17.1 Å². The van der Waals surface area contributed by atoms with Gasteiger partial charge in [0.2, 0.25) is 0 Å². The molecule has 0 aliphatic carbocycles. The van der Waals surface area contributed by atoms with E-state index in [0.29, 0.717) is 0 Å². The molecule has 1 heterocycles. The van der Waals surface area contributed by atoms with Crippen molar-refractivity contribution in [2.45, 2.75) is 26.3 Å². The van der Waals surface area contributed by atoms with Crippen LogP contribution in [0.25, 0.3) is 0 Å². The van der Waals surface area contributed by atoms with Crippen LogP contribution in [0, 0.1) is 5.92 Å². The Morgan fingerprint density at radius 1 is 1.54 bits per heavy atom. The Morgan fingerprint density at radius 3 is 2.85 bits per heavy atom. The van der Waals surface area contributed by atoms with Crippen LogP contribution in [0.2, 0.25) is 0 Å². The molecule has 4 heteroatoms. The average Bonchev–Trinajstić information content (AvgIpc) is 2.49. The van der Waals surface area contributed by atoms with Crippen LogP contribution in [0.15, 0.2) is 16.9 Å². The van der Waals surface area contributed by atoms with Gasteiger partial charge in [0.25, 0.3) is 0 Å². The van der Waals surface area contributed by atoms with Crippen LogP contribution in [0.5, 0.6) is 0 Å². The van der Waals surface area contributed by atoms with Crippen LogP contribution in [0.3, 0.4) is 0 Å². The Labute approximate surface area is 96.0 Å². The molecule has 13 heavy (non-hydrogen) atoms. The summed E-state index contributed by atoms with van der Waals surface area (Å²) < 4.78 is 3.04. The first kappa shape index (κ1) is 11.2. The highest BCUT2D eigenvalue weighted by Gasteiger charge is 2.02. The number of halogens is 2. The third kappa shape index (κ3) is 4.27. The molecule has 1 aromatic heterocycles. The fourth-order valence-electron chi connectivity index (χ4n) is 1.14. The zero-order chi connectivity index (χ0) is 9.68. The second-order valence-electron chi connectivity index (χ2n) is 3.29. The molecule has 2 nitrogen and oxygen atoms in total. The summed E-state index contributed by atoms with van der Waals surface area (Å²) in [5.74, 6) is 0.766. The lowest BCUT2D eigenvalue weighted by Crippen LogP contribution is -2.04. The molecule has 1 unspecified atom stereocenters. The first-order valence-corrected chi connectivity index (χ1v) is 6.37. The minimum Gasteiger partial charge on any atom is -0.272 e. The standard InChI is InChI=1S/C9H14Br2N2/c1-8(2-4-10)3-5-13-7-9(11)6-12-13/h6-8H,2-5H2,1H3. The fraction of sp³-hybridized carbons (Fsp3) is 0.667. The van der Waals surface area contributed by atoms with Crippen LogP contribution >= 0.6 is 31.9 Å². The molecule has 0 aromatic carbocycles. The van der Waals surface area contributed by atoms with Crippen molar-refractivity contribution in [1.29, 1.82) is 0 Å². The Hall–Kier alpha value is 0.170. The average molecular weight is 310 g/mol. The van der Waals surface area contributed by atoms with Crippen molar-refractivity contribution in [1.82, 2.24) is 9.78 Å². The van der Waals surface area contributed by atoms with Gasteiger partial charge in [-0.15, -0.1) is 0 Å². The SMILES string of the molecule is CC(CCBr)CCn1cc(Br)cn1. The van der Waals surface area contributed by atoms with Gasteiger partial charge in [0.1, 0.15) is 0 Å². The predicted molar refractivity (Wildman–Crippen MR) is 62.1 cm³/mol. The molecule has 1 atom stereocenters. The van der Waals surface area contributed by atoms with Gasteiger partial charge in [0, 0.05) is 18.1 Å². The van der Waals surface area contributed by atoms with Crippen molar-refractivity contribution in [2.24, 2.45) is 5.92 Å². The molecule has 0 aliphatic heterocycles. The van der Waals surface area contributed by atoms with E-state index in [1.165, 1.54) is 12.8 Å². The lowest BCUT2D eigenvalue weighted by atomic mass is 10.1. The molecule has 0 spiro atoms. The molecule has 0 fully saturated rings. The molecule has 0 amide bonds. The number of rotatable bonds is 5. The van der Waals surface area contributed by atoms with E-state index >= 15 is 0 Å². The molecule has 1 rings (SSSR count). The third-order valence-corrected chi connectivity index (χ3v) is 2.92. The van der Waals surface area contributed by atoms with Gasteiger partial charge in [-0.25, -0.2) is 0 Å². The first-order valence-electron chi connectivity index (χ1n) is 4.46. The van der Waals surface area contributed by atoms with E-state index in [2.05, 4.69) is 43.9 Å². The molecule has 0 saturated heterocycles. The Morgan fingerprint density at radius 2 is 2.31 bits per heavy atom. The second-order valence-corrected chi connectivity index (χ2v) is 5.00. The monoisotopic (exact) mass is 308 g/mol. The van der Waals surface area contributed by atoms with Crippen molar-refractivity contribution in [3.8, 4) is 0 Å². The quantitative estimate of drug-likeness (QED) is 0.762. The van der Waals surface area contributed by atoms with Gasteiger partial charge in [0.15, 0.2) is 0 Å². The lowest BCUT2D eigenvalue weighted by Gasteiger charge is -2.08. The first-order chi connectivity index (χ1) is 6.22. The van der Waals surface area contributed by atoms with E-state index in [-0.39, 0.29) is 0 Å². The van der Waals surface area contributed by atoms with E-state index in [9.17, 15) is 0 Å².